The topological polar surface area (TPSA) is 42.0 Å². The highest BCUT2D eigenvalue weighted by molar-refractivity contribution is 5.79. The molecule has 2 aliphatic rings. The number of nitrogens with zero attached hydrogens (tertiary/aromatic N) is 1. The van der Waals surface area contributed by atoms with E-state index in [1.165, 1.54) is 19.3 Å². The summed E-state index contributed by atoms with van der Waals surface area (Å²) in [6.07, 6.45) is 8.56. The molecule has 1 amide bonds. The second kappa shape index (κ2) is 4.71. The van der Waals surface area contributed by atoms with E-state index in [0.717, 1.165) is 17.9 Å². The molecule has 1 aromatic heterocycles. The molecule has 0 aliphatic heterocycles. The van der Waals surface area contributed by atoms with Gasteiger partial charge in [0.15, 0.2) is 0 Å². The predicted molar refractivity (Wildman–Crippen MR) is 69.7 cm³/mol. The van der Waals surface area contributed by atoms with Crippen LogP contribution in [0.1, 0.15) is 44.2 Å². The van der Waals surface area contributed by atoms with Gasteiger partial charge in [-0.3, -0.25) is 9.78 Å². The van der Waals surface area contributed by atoms with Crippen LogP contribution in [0.5, 0.6) is 0 Å². The molecule has 1 aromatic rings. The average molecular weight is 244 g/mol. The second-order valence-corrected chi connectivity index (χ2v) is 5.80. The molecular formula is C15H20N2O. The van der Waals surface area contributed by atoms with Crippen LogP contribution in [0.15, 0.2) is 24.5 Å². The normalized spacial score (nSPS) is 31.3. The molecule has 0 radical (unpaired) electrons. The third-order valence-electron chi connectivity index (χ3n) is 4.62. The van der Waals surface area contributed by atoms with Crippen LogP contribution in [0.2, 0.25) is 0 Å². The molecule has 4 atom stereocenters. The minimum Gasteiger partial charge on any atom is -0.349 e. The number of hydrogen-bond acceptors (Lipinski definition) is 2. The summed E-state index contributed by atoms with van der Waals surface area (Å²) in [6, 6.07) is 3.99. The van der Waals surface area contributed by atoms with Gasteiger partial charge in [0.1, 0.15) is 0 Å². The van der Waals surface area contributed by atoms with Gasteiger partial charge in [0.2, 0.25) is 5.91 Å². The highest BCUT2D eigenvalue weighted by Gasteiger charge is 2.43. The van der Waals surface area contributed by atoms with E-state index in [2.05, 4.69) is 10.3 Å². The summed E-state index contributed by atoms with van der Waals surface area (Å²) in [6.45, 7) is 2.03. The first-order valence-electron chi connectivity index (χ1n) is 6.94. The number of carbonyl (C=O) groups is 1. The maximum Gasteiger partial charge on any atom is 0.223 e. The molecule has 96 valence electrons. The molecule has 3 heteroatoms. The first-order valence-corrected chi connectivity index (χ1v) is 6.94. The van der Waals surface area contributed by atoms with E-state index in [0.29, 0.717) is 5.92 Å². The molecule has 18 heavy (non-hydrogen) atoms. The van der Waals surface area contributed by atoms with Crippen molar-refractivity contribution in [2.45, 2.75) is 38.6 Å². The zero-order valence-corrected chi connectivity index (χ0v) is 10.8. The van der Waals surface area contributed by atoms with Crippen molar-refractivity contribution < 1.29 is 4.79 Å². The van der Waals surface area contributed by atoms with Crippen molar-refractivity contribution in [3.8, 4) is 0 Å². The van der Waals surface area contributed by atoms with Gasteiger partial charge in [-0.15, -0.1) is 0 Å². The largest absolute Gasteiger partial charge is 0.349 e. The van der Waals surface area contributed by atoms with Crippen LogP contribution in [0.3, 0.4) is 0 Å². The van der Waals surface area contributed by atoms with E-state index >= 15 is 0 Å². The molecule has 3 nitrogen and oxygen atoms in total. The van der Waals surface area contributed by atoms with Gasteiger partial charge in [0.25, 0.3) is 0 Å². The lowest BCUT2D eigenvalue weighted by Crippen LogP contribution is -2.35. The van der Waals surface area contributed by atoms with Crippen LogP contribution in [-0.2, 0) is 4.79 Å². The number of aromatic nitrogens is 1. The summed E-state index contributed by atoms with van der Waals surface area (Å²) in [5, 5.41) is 3.14. The highest BCUT2D eigenvalue weighted by Crippen LogP contribution is 2.48. The van der Waals surface area contributed by atoms with Gasteiger partial charge in [-0.1, -0.05) is 12.5 Å². The number of amides is 1. The molecule has 4 unspecified atom stereocenters. The fraction of sp³-hybridized carbons (Fsp3) is 0.600. The van der Waals surface area contributed by atoms with E-state index in [4.69, 9.17) is 0 Å². The number of hydrogen-bond donors (Lipinski definition) is 1. The number of nitrogens with one attached hydrogen (secondary N) is 1. The Labute approximate surface area is 108 Å². The third kappa shape index (κ3) is 2.14. The quantitative estimate of drug-likeness (QED) is 0.888. The zero-order valence-electron chi connectivity index (χ0n) is 10.8. The van der Waals surface area contributed by atoms with E-state index < -0.39 is 0 Å². The van der Waals surface area contributed by atoms with Crippen LogP contribution >= 0.6 is 0 Å². The Bertz CT molecular complexity index is 431. The lowest BCUT2D eigenvalue weighted by Gasteiger charge is -2.23. The van der Waals surface area contributed by atoms with Gasteiger partial charge < -0.3 is 5.32 Å². The number of fused-ring (bicyclic) bond motifs is 2. The molecule has 1 N–H and O–H groups in total. The molecule has 1 heterocycles. The Morgan fingerprint density at radius 2 is 2.33 bits per heavy atom. The van der Waals surface area contributed by atoms with Crippen LogP contribution in [0.4, 0.5) is 0 Å². The van der Waals surface area contributed by atoms with Crippen molar-refractivity contribution in [3.63, 3.8) is 0 Å². The summed E-state index contributed by atoms with van der Waals surface area (Å²) in [4.78, 5) is 16.4. The van der Waals surface area contributed by atoms with E-state index in [9.17, 15) is 4.79 Å². The van der Waals surface area contributed by atoms with Crippen molar-refractivity contribution in [2.75, 3.05) is 0 Å². The highest BCUT2D eigenvalue weighted by atomic mass is 16.2. The van der Waals surface area contributed by atoms with Crippen LogP contribution in [0.25, 0.3) is 0 Å². The lowest BCUT2D eigenvalue weighted by atomic mass is 9.88. The van der Waals surface area contributed by atoms with E-state index in [1.807, 2.05) is 25.3 Å². The van der Waals surface area contributed by atoms with E-state index in [1.54, 1.807) is 6.20 Å². The smallest absolute Gasteiger partial charge is 0.223 e. The summed E-state index contributed by atoms with van der Waals surface area (Å²) >= 11 is 0. The van der Waals surface area contributed by atoms with Gasteiger partial charge >= 0.3 is 0 Å². The number of rotatable bonds is 3. The summed E-state index contributed by atoms with van der Waals surface area (Å²) in [5.41, 5.74) is 1.08. The number of carbonyl (C=O) groups excluding carboxylic acids is 1. The Kier molecular flexibility index (Phi) is 3.06. The van der Waals surface area contributed by atoms with Gasteiger partial charge in [-0.2, -0.15) is 0 Å². The minimum atomic E-state index is 0.0605. The molecule has 2 aliphatic carbocycles. The third-order valence-corrected chi connectivity index (χ3v) is 4.62. The van der Waals surface area contributed by atoms with Gasteiger partial charge in [-0.25, -0.2) is 0 Å². The zero-order chi connectivity index (χ0) is 12.5. The molecule has 0 saturated heterocycles. The molecular weight excluding hydrogens is 224 g/mol. The Morgan fingerprint density at radius 1 is 1.44 bits per heavy atom. The molecule has 3 rings (SSSR count). The first kappa shape index (κ1) is 11.7. The van der Waals surface area contributed by atoms with Gasteiger partial charge in [-0.05, 0) is 49.7 Å². The predicted octanol–water partition coefficient (Wildman–Crippen LogP) is 2.70. The standard InChI is InChI=1S/C15H20N2O/c1-10(13-3-2-6-16-9-13)17-15(18)14-8-11-4-5-12(14)7-11/h2-3,6,9-12,14H,4-5,7-8H2,1H3,(H,17,18). The maximum absolute atomic E-state index is 12.3. The first-order chi connectivity index (χ1) is 8.74. The van der Waals surface area contributed by atoms with Gasteiger partial charge in [0.05, 0.1) is 6.04 Å². The summed E-state index contributed by atoms with van der Waals surface area (Å²) in [5.74, 6) is 1.98. The SMILES string of the molecule is CC(NC(=O)C1CC2CCC1C2)c1cccnc1. The average Bonchev–Trinajstić information content (AvgIpc) is 3.02. The van der Waals surface area contributed by atoms with Crippen molar-refractivity contribution >= 4 is 5.91 Å². The monoisotopic (exact) mass is 244 g/mol. The number of pyridine rings is 1. The van der Waals surface area contributed by atoms with Gasteiger partial charge in [0, 0.05) is 18.3 Å². The van der Waals surface area contributed by atoms with Crippen LogP contribution in [-0.4, -0.2) is 10.9 Å². The minimum absolute atomic E-state index is 0.0605. The second-order valence-electron chi connectivity index (χ2n) is 5.80. The van der Waals surface area contributed by atoms with Crippen molar-refractivity contribution in [1.29, 1.82) is 0 Å². The molecule has 2 saturated carbocycles. The Morgan fingerprint density at radius 3 is 2.94 bits per heavy atom. The van der Waals surface area contributed by atoms with Crippen molar-refractivity contribution in [1.82, 2.24) is 10.3 Å². The van der Waals surface area contributed by atoms with Crippen LogP contribution in [0, 0.1) is 17.8 Å². The fourth-order valence-electron chi connectivity index (χ4n) is 3.60. The Hall–Kier alpha value is -1.38. The fourth-order valence-corrected chi connectivity index (χ4v) is 3.60. The van der Waals surface area contributed by atoms with Crippen molar-refractivity contribution in [2.24, 2.45) is 17.8 Å². The molecule has 2 bridgehead atoms. The van der Waals surface area contributed by atoms with E-state index in [-0.39, 0.29) is 17.9 Å². The molecule has 0 spiro atoms. The van der Waals surface area contributed by atoms with Crippen LogP contribution < -0.4 is 5.32 Å². The molecule has 0 aromatic carbocycles. The summed E-state index contributed by atoms with van der Waals surface area (Å²) in [7, 11) is 0. The lowest BCUT2D eigenvalue weighted by molar-refractivity contribution is -0.127. The Balaban J connectivity index is 1.61. The summed E-state index contributed by atoms with van der Waals surface area (Å²) < 4.78 is 0. The maximum atomic E-state index is 12.3. The molecule has 2 fully saturated rings. The van der Waals surface area contributed by atoms with Crippen molar-refractivity contribution in [3.05, 3.63) is 30.1 Å².